The van der Waals surface area contributed by atoms with E-state index in [0.717, 1.165) is 21.0 Å². The molecule has 2 rings (SSSR count). The van der Waals surface area contributed by atoms with Crippen LogP contribution in [0.2, 0.25) is 0 Å². The summed E-state index contributed by atoms with van der Waals surface area (Å²) >= 11 is 1.59. The molecule has 2 aromatic rings. The van der Waals surface area contributed by atoms with Crippen molar-refractivity contribution < 1.29 is 0 Å². The largest absolute Gasteiger partial charge is 0.314 e. The van der Waals surface area contributed by atoms with Gasteiger partial charge in [-0.1, -0.05) is 12.7 Å². The van der Waals surface area contributed by atoms with E-state index in [-0.39, 0.29) is 0 Å². The molecular formula is C12H10N2S. The number of nitriles is 1. The first-order valence-corrected chi connectivity index (χ1v) is 5.39. The number of thiophene rings is 1. The molecule has 0 aliphatic carbocycles. The van der Waals surface area contributed by atoms with Crippen molar-refractivity contribution in [2.45, 2.75) is 6.92 Å². The standard InChI is InChI=1S/C12H10N2S/c1-3-11-9(2)10(8-13)12(15-11)14-6-4-5-7-14/h3-7H,1H2,2H3. The first-order chi connectivity index (χ1) is 7.27. The van der Waals surface area contributed by atoms with Crippen LogP contribution in [0, 0.1) is 18.3 Å². The van der Waals surface area contributed by atoms with E-state index in [4.69, 9.17) is 5.26 Å². The SMILES string of the molecule is C=Cc1sc(-n2cccc2)c(C#N)c1C. The van der Waals surface area contributed by atoms with Gasteiger partial charge in [0.15, 0.2) is 0 Å². The minimum Gasteiger partial charge on any atom is -0.314 e. The molecule has 0 aliphatic heterocycles. The Balaban J connectivity index is 2.68. The van der Waals surface area contributed by atoms with Gasteiger partial charge in [0.1, 0.15) is 11.1 Å². The van der Waals surface area contributed by atoms with E-state index in [1.807, 2.05) is 36.0 Å². The average molecular weight is 214 g/mol. The molecule has 0 amide bonds. The molecule has 3 heteroatoms. The second-order valence-corrected chi connectivity index (χ2v) is 4.21. The maximum Gasteiger partial charge on any atom is 0.118 e. The quantitative estimate of drug-likeness (QED) is 0.753. The highest BCUT2D eigenvalue weighted by Crippen LogP contribution is 2.31. The number of nitrogens with zero attached hydrogens (tertiary/aromatic N) is 2. The third kappa shape index (κ3) is 1.49. The number of aromatic nitrogens is 1. The maximum absolute atomic E-state index is 9.12. The third-order valence-corrected chi connectivity index (χ3v) is 3.60. The fourth-order valence-corrected chi connectivity index (χ4v) is 2.57. The highest BCUT2D eigenvalue weighted by Gasteiger charge is 2.13. The molecule has 0 aliphatic rings. The summed E-state index contributed by atoms with van der Waals surface area (Å²) in [7, 11) is 0. The summed E-state index contributed by atoms with van der Waals surface area (Å²) in [5.41, 5.74) is 1.76. The lowest BCUT2D eigenvalue weighted by molar-refractivity contribution is 1.10. The zero-order valence-corrected chi connectivity index (χ0v) is 9.21. The molecule has 0 saturated heterocycles. The van der Waals surface area contributed by atoms with Crippen molar-refractivity contribution in [3.63, 3.8) is 0 Å². The predicted molar refractivity (Wildman–Crippen MR) is 63.2 cm³/mol. The van der Waals surface area contributed by atoms with Gasteiger partial charge in [-0.05, 0) is 24.6 Å². The van der Waals surface area contributed by atoms with Crippen molar-refractivity contribution in [2.75, 3.05) is 0 Å². The topological polar surface area (TPSA) is 28.7 Å². The van der Waals surface area contributed by atoms with Gasteiger partial charge in [0.05, 0.1) is 5.56 Å². The van der Waals surface area contributed by atoms with Crippen molar-refractivity contribution in [1.82, 2.24) is 4.57 Å². The van der Waals surface area contributed by atoms with Crippen LogP contribution < -0.4 is 0 Å². The van der Waals surface area contributed by atoms with Crippen LogP contribution in [0.1, 0.15) is 16.0 Å². The van der Waals surface area contributed by atoms with Crippen LogP contribution >= 0.6 is 11.3 Å². The van der Waals surface area contributed by atoms with Gasteiger partial charge in [-0.3, -0.25) is 0 Å². The molecule has 2 aromatic heterocycles. The number of hydrogen-bond donors (Lipinski definition) is 0. The van der Waals surface area contributed by atoms with Gasteiger partial charge in [-0.15, -0.1) is 11.3 Å². The molecule has 0 unspecified atom stereocenters. The Labute approximate surface area is 92.7 Å². The van der Waals surface area contributed by atoms with Gasteiger partial charge in [0.25, 0.3) is 0 Å². The molecule has 0 fully saturated rings. The lowest BCUT2D eigenvalue weighted by Gasteiger charge is -1.97. The van der Waals surface area contributed by atoms with E-state index in [1.165, 1.54) is 0 Å². The summed E-state index contributed by atoms with van der Waals surface area (Å²) in [6.45, 7) is 5.71. The van der Waals surface area contributed by atoms with Crippen molar-refractivity contribution >= 4 is 17.4 Å². The molecule has 0 bridgehead atoms. The van der Waals surface area contributed by atoms with Crippen molar-refractivity contribution in [3.8, 4) is 11.1 Å². The number of rotatable bonds is 2. The average Bonchev–Trinajstić information content (AvgIpc) is 2.84. The Morgan fingerprint density at radius 2 is 2.13 bits per heavy atom. The van der Waals surface area contributed by atoms with Gasteiger partial charge in [-0.25, -0.2) is 0 Å². The Bertz CT molecular complexity index is 527. The predicted octanol–water partition coefficient (Wildman–Crippen LogP) is 3.36. The normalized spacial score (nSPS) is 9.87. The van der Waals surface area contributed by atoms with Crippen LogP contribution in [-0.2, 0) is 0 Å². The second kappa shape index (κ2) is 3.76. The molecule has 0 N–H and O–H groups in total. The molecule has 0 atom stereocenters. The minimum absolute atomic E-state index is 0.742. The van der Waals surface area contributed by atoms with Gasteiger partial charge in [0.2, 0.25) is 0 Å². The maximum atomic E-state index is 9.12. The fraction of sp³-hybridized carbons (Fsp3) is 0.0833. The molecular weight excluding hydrogens is 204 g/mol. The van der Waals surface area contributed by atoms with E-state index < -0.39 is 0 Å². The first kappa shape index (κ1) is 9.75. The third-order valence-electron chi connectivity index (χ3n) is 2.30. The zero-order chi connectivity index (χ0) is 10.8. The molecule has 2 nitrogen and oxygen atoms in total. The molecule has 0 spiro atoms. The Morgan fingerprint density at radius 3 is 2.67 bits per heavy atom. The molecule has 0 radical (unpaired) electrons. The summed E-state index contributed by atoms with van der Waals surface area (Å²) in [6, 6.07) is 6.15. The van der Waals surface area contributed by atoms with Crippen LogP contribution in [0.25, 0.3) is 11.1 Å². The molecule has 15 heavy (non-hydrogen) atoms. The first-order valence-electron chi connectivity index (χ1n) is 4.57. The fourth-order valence-electron chi connectivity index (χ4n) is 1.49. The zero-order valence-electron chi connectivity index (χ0n) is 8.40. The highest BCUT2D eigenvalue weighted by molar-refractivity contribution is 7.15. The Hall–Kier alpha value is -1.79. The highest BCUT2D eigenvalue weighted by atomic mass is 32.1. The van der Waals surface area contributed by atoms with Crippen LogP contribution in [0.3, 0.4) is 0 Å². The molecule has 2 heterocycles. The van der Waals surface area contributed by atoms with Crippen LogP contribution in [-0.4, -0.2) is 4.57 Å². The summed E-state index contributed by atoms with van der Waals surface area (Å²) in [6.07, 6.45) is 5.69. The summed E-state index contributed by atoms with van der Waals surface area (Å²) in [4.78, 5) is 1.07. The lowest BCUT2D eigenvalue weighted by atomic mass is 10.2. The Morgan fingerprint density at radius 1 is 1.47 bits per heavy atom. The summed E-state index contributed by atoms with van der Waals surface area (Å²) < 4.78 is 1.96. The molecule has 74 valence electrons. The van der Waals surface area contributed by atoms with Crippen LogP contribution in [0.4, 0.5) is 0 Å². The van der Waals surface area contributed by atoms with Crippen molar-refractivity contribution in [2.24, 2.45) is 0 Å². The minimum atomic E-state index is 0.742. The van der Waals surface area contributed by atoms with Crippen LogP contribution in [0.5, 0.6) is 0 Å². The monoisotopic (exact) mass is 214 g/mol. The van der Waals surface area contributed by atoms with Gasteiger partial charge >= 0.3 is 0 Å². The molecule has 0 saturated carbocycles. The Kier molecular flexibility index (Phi) is 2.44. The lowest BCUT2D eigenvalue weighted by Crippen LogP contribution is -1.89. The van der Waals surface area contributed by atoms with Crippen molar-refractivity contribution in [1.29, 1.82) is 5.26 Å². The van der Waals surface area contributed by atoms with Gasteiger partial charge < -0.3 is 4.57 Å². The second-order valence-electron chi connectivity index (χ2n) is 3.18. The molecule has 0 aromatic carbocycles. The van der Waals surface area contributed by atoms with Gasteiger partial charge in [-0.2, -0.15) is 5.26 Å². The van der Waals surface area contributed by atoms with E-state index in [2.05, 4.69) is 12.6 Å². The van der Waals surface area contributed by atoms with E-state index in [0.29, 0.717) is 0 Å². The van der Waals surface area contributed by atoms with Gasteiger partial charge in [0, 0.05) is 17.3 Å². The van der Waals surface area contributed by atoms with E-state index in [9.17, 15) is 0 Å². The van der Waals surface area contributed by atoms with E-state index in [1.54, 1.807) is 17.4 Å². The summed E-state index contributed by atoms with van der Waals surface area (Å²) in [5.74, 6) is 0. The smallest absolute Gasteiger partial charge is 0.118 e. The van der Waals surface area contributed by atoms with E-state index >= 15 is 0 Å². The summed E-state index contributed by atoms with van der Waals surface area (Å²) in [5, 5.41) is 10.1. The van der Waals surface area contributed by atoms with Crippen LogP contribution in [0.15, 0.2) is 31.1 Å². The number of hydrogen-bond acceptors (Lipinski definition) is 2. The van der Waals surface area contributed by atoms with Crippen molar-refractivity contribution in [3.05, 3.63) is 47.1 Å².